The molecule has 0 spiro atoms. The van der Waals surface area contributed by atoms with Gasteiger partial charge in [0.15, 0.2) is 0 Å². The molecular formula is C71H98Cl2MoN4O3W-2. The number of aromatic nitrogens is 2. The van der Waals surface area contributed by atoms with E-state index in [-0.39, 0.29) is 32.5 Å². The number of phenols is 2. The number of hydrogen-bond acceptors (Lipinski definition) is 5. The molecule has 0 aliphatic rings. The molecule has 2 N–H and O–H groups in total. The fraction of sp³-hybridized carbons (Fsp3) is 0.437. The summed E-state index contributed by atoms with van der Waals surface area (Å²) in [7, 11) is 1.66. The quantitative estimate of drug-likeness (QED) is 0.155. The third kappa shape index (κ3) is 25.7. The Balaban J connectivity index is 0.000000357. The van der Waals surface area contributed by atoms with E-state index in [1.807, 2.05) is 54.6 Å². The Hall–Kier alpha value is -4.64. The monoisotopic (exact) mass is 1410 g/mol. The molecule has 2 aromatic heterocycles. The van der Waals surface area contributed by atoms with Crippen molar-refractivity contribution in [3.05, 3.63) is 195 Å². The van der Waals surface area contributed by atoms with Crippen LogP contribution in [0.15, 0.2) is 147 Å². The number of aryl methyl sites for hydroxylation is 1. The summed E-state index contributed by atoms with van der Waals surface area (Å²) in [6, 6.07) is 38.5. The van der Waals surface area contributed by atoms with Gasteiger partial charge in [0.2, 0.25) is 0 Å². The van der Waals surface area contributed by atoms with Gasteiger partial charge in [0.25, 0.3) is 0 Å². The van der Waals surface area contributed by atoms with Gasteiger partial charge in [0.1, 0.15) is 17.2 Å². The van der Waals surface area contributed by atoms with Crippen molar-refractivity contribution in [3.8, 4) is 17.2 Å². The van der Waals surface area contributed by atoms with Gasteiger partial charge >= 0.3 is 265 Å². The summed E-state index contributed by atoms with van der Waals surface area (Å²) in [6.07, 6.45) is 7.00. The molecule has 0 amide bonds. The predicted octanol–water partition coefficient (Wildman–Crippen LogP) is 20.9. The van der Waals surface area contributed by atoms with Gasteiger partial charge in [-0.2, -0.15) is 24.8 Å². The third-order valence-corrected chi connectivity index (χ3v) is 19.5. The van der Waals surface area contributed by atoms with Crippen molar-refractivity contribution in [2.45, 2.75) is 191 Å². The van der Waals surface area contributed by atoms with Crippen LogP contribution in [-0.4, -0.2) is 26.1 Å². The van der Waals surface area contributed by atoms with Crippen LogP contribution in [0, 0.1) is 12.3 Å². The molecule has 5 aromatic carbocycles. The van der Waals surface area contributed by atoms with Gasteiger partial charge in [0.05, 0.1) is 7.11 Å². The van der Waals surface area contributed by atoms with Crippen LogP contribution in [0.25, 0.3) is 0 Å². The molecule has 11 heteroatoms. The average Bonchev–Trinajstić information content (AvgIpc) is 4.19. The molecular weight excluding hydrogens is 1310 g/mol. The summed E-state index contributed by atoms with van der Waals surface area (Å²) in [5, 5.41) is 22.1. The molecule has 7 aromatic rings. The Morgan fingerprint density at radius 1 is 0.524 bits per heavy atom. The smallest absolute Gasteiger partial charge is 0.123 e. The van der Waals surface area contributed by atoms with E-state index in [0.717, 1.165) is 33.7 Å². The standard InChI is InChI=1S/C15H24O2.C15H24O.C12H17N.C10H12.C6H3Cl2N.C5H10.2C4H4N.Mo.W/c1-14(2,3)11-8-10(17-7)9-12(13(11)16)15(4,5)6;1-10-8-11(14(2,3)4)13(16)12(9-10)15(5,6)7;1-8(2)10-6-5-7-11(9(3)4)12(10)13;1-10(2,3)9-7-5-4-6-8-9;7-4-2-1-3-5(8)6(4)9;1-5(2,3)4;2*1-2-4-5-3-1;;/h8-9,16H,1-7H3;8-9,16H,1-7H3;5-9H,1-4H3;1,4-8H,2-3H3;1-3H;1H,2-4H3;2*1-4H;;/q;;;;;;2*-1;;. The van der Waals surface area contributed by atoms with E-state index in [0.29, 0.717) is 33.4 Å². The number of rotatable bonds is 7. The minimum absolute atomic E-state index is 0.0178. The number of hydrogen-bond donors (Lipinski definition) is 2. The Labute approximate surface area is 522 Å². The summed E-state index contributed by atoms with van der Waals surface area (Å²) in [5.41, 5.74) is 11.4. The van der Waals surface area contributed by atoms with Crippen molar-refractivity contribution < 1.29 is 50.8 Å². The predicted molar refractivity (Wildman–Crippen MR) is 348 cm³/mol. The number of halogens is 2. The van der Waals surface area contributed by atoms with Crippen LogP contribution in [0.1, 0.15) is 202 Å². The van der Waals surface area contributed by atoms with Crippen molar-refractivity contribution in [2.75, 3.05) is 7.11 Å². The Morgan fingerprint density at radius 2 is 0.902 bits per heavy atom. The summed E-state index contributed by atoms with van der Waals surface area (Å²) >= 11 is 10.6. The van der Waals surface area contributed by atoms with E-state index in [2.05, 4.69) is 235 Å². The van der Waals surface area contributed by atoms with E-state index in [9.17, 15) is 10.2 Å². The minimum Gasteiger partial charge on any atom is -0.670 e. The molecule has 0 saturated carbocycles. The van der Waals surface area contributed by atoms with Gasteiger partial charge in [-0.15, -0.1) is 0 Å². The van der Waals surface area contributed by atoms with E-state index in [4.69, 9.17) is 31.4 Å². The molecule has 0 aliphatic carbocycles. The molecule has 0 aliphatic heterocycles. The van der Waals surface area contributed by atoms with Crippen LogP contribution in [0.4, 0.5) is 11.4 Å². The molecule has 82 heavy (non-hydrogen) atoms. The number of aromatic hydroxyl groups is 2. The largest absolute Gasteiger partial charge is 0.670 e. The first-order chi connectivity index (χ1) is 37.8. The van der Waals surface area contributed by atoms with Crippen LogP contribution in [0.2, 0.25) is 10.0 Å². The molecule has 0 fully saturated rings. The van der Waals surface area contributed by atoms with Gasteiger partial charge in [-0.05, 0) is 51.8 Å². The zero-order valence-electron chi connectivity index (χ0n) is 53.8. The van der Waals surface area contributed by atoms with Crippen molar-refractivity contribution in [3.63, 3.8) is 0 Å². The van der Waals surface area contributed by atoms with Crippen molar-refractivity contribution >= 4 is 43.4 Å². The molecule has 7 rings (SSSR count). The van der Waals surface area contributed by atoms with E-state index in [1.165, 1.54) is 27.9 Å². The van der Waals surface area contributed by atoms with Gasteiger partial charge in [-0.1, -0.05) is 125 Å². The van der Waals surface area contributed by atoms with Gasteiger partial charge in [-0.3, -0.25) is 0 Å². The first-order valence-corrected chi connectivity index (χ1v) is 34.0. The molecule has 0 unspecified atom stereocenters. The van der Waals surface area contributed by atoms with E-state index < -0.39 is 35.8 Å². The summed E-state index contributed by atoms with van der Waals surface area (Å²) in [4.78, 5) is 7.44. The average molecular weight is 1410 g/mol. The van der Waals surface area contributed by atoms with E-state index in [1.54, 1.807) is 31.9 Å². The maximum Gasteiger partial charge on any atom is 0.123 e. The van der Waals surface area contributed by atoms with Crippen LogP contribution >= 0.6 is 23.2 Å². The zero-order valence-corrected chi connectivity index (χ0v) is 60.2. The van der Waals surface area contributed by atoms with Crippen molar-refractivity contribution in [1.82, 2.24) is 9.97 Å². The first-order valence-electron chi connectivity index (χ1n) is 28.2. The fourth-order valence-electron chi connectivity index (χ4n) is 7.87. The normalized spacial score (nSPS) is 11.5. The third-order valence-electron chi connectivity index (χ3n) is 12.6. The Morgan fingerprint density at radius 3 is 1.23 bits per heavy atom. The van der Waals surface area contributed by atoms with Crippen LogP contribution in [0.3, 0.4) is 0 Å². The first kappa shape index (κ1) is 73.5. The number of ether oxygens (including phenoxy) is 1. The summed E-state index contributed by atoms with van der Waals surface area (Å²) in [6.45, 7) is 47.6. The number of phenolic OH excluding ortho intramolecular Hbond substituents is 2. The number of nitrogens with zero attached hydrogens (tertiary/aromatic N) is 4. The SMILES string of the molecule is CC(C)(C)[CH]=[W]=[N]c1c(Cl)cccc1Cl.CC(C)c1cccc(C(C)C)c1[N]=[Mo]=[CH]C(C)(C)c1ccccc1.COc1cc(C(C)(C)C)c(O)c(C(C)(C)C)c1.Cc1cc(C(C)(C)C)c(O)c(C(C)(C)C)c1.c1cc[n-]c1.c1cc[n-]c1. The molecule has 0 radical (unpaired) electrons. The van der Waals surface area contributed by atoms with Gasteiger partial charge in [0, 0.05) is 11.1 Å². The van der Waals surface area contributed by atoms with Crippen LogP contribution in [0.5, 0.6) is 17.2 Å². The summed E-state index contributed by atoms with van der Waals surface area (Å²) < 4.78 is 19.8. The maximum absolute atomic E-state index is 10.4. The van der Waals surface area contributed by atoms with Crippen molar-refractivity contribution in [2.24, 2.45) is 12.4 Å². The van der Waals surface area contributed by atoms with Gasteiger partial charge < -0.3 is 24.9 Å². The second-order valence-electron chi connectivity index (χ2n) is 26.7. The van der Waals surface area contributed by atoms with Gasteiger partial charge in [-0.25, -0.2) is 0 Å². The van der Waals surface area contributed by atoms with Crippen LogP contribution < -0.4 is 14.7 Å². The maximum atomic E-state index is 10.4. The number of methoxy groups -OCH3 is 1. The Bertz CT molecular complexity index is 2960. The summed E-state index contributed by atoms with van der Waals surface area (Å²) in [5.74, 6) is 2.68. The fourth-order valence-corrected chi connectivity index (χ4v) is 13.0. The molecule has 2 heterocycles. The molecule has 0 atom stereocenters. The zero-order chi connectivity index (χ0) is 62.4. The molecule has 0 bridgehead atoms. The second-order valence-corrected chi connectivity index (χ2v) is 31.3. The minimum atomic E-state index is -0.850. The molecule has 448 valence electrons. The Kier molecular flexibility index (Phi) is 29.7. The second kappa shape index (κ2) is 33.2. The van der Waals surface area contributed by atoms with E-state index >= 15 is 0 Å². The van der Waals surface area contributed by atoms with Crippen LogP contribution in [-0.2, 0) is 62.9 Å². The number of benzene rings is 5. The van der Waals surface area contributed by atoms with Crippen molar-refractivity contribution in [1.29, 1.82) is 0 Å². The molecule has 7 nitrogen and oxygen atoms in total. The topological polar surface area (TPSA) is 103 Å². The molecule has 0 saturated heterocycles.